The van der Waals surface area contributed by atoms with Crippen LogP contribution in [0.5, 0.6) is 0 Å². The highest BCUT2D eigenvalue weighted by atomic mass is 35.5. The molecule has 1 atom stereocenters. The molecule has 1 aromatic rings. The molecular formula is C13H18ClNO2. The zero-order chi connectivity index (χ0) is 12.8. The highest BCUT2D eigenvalue weighted by Gasteiger charge is 2.13. The van der Waals surface area contributed by atoms with Crippen molar-refractivity contribution in [3.05, 3.63) is 28.8 Å². The molecule has 0 heterocycles. The molecule has 0 saturated heterocycles. The number of hydrogen-bond acceptors (Lipinski definition) is 3. The number of carbonyl (C=O) groups excluding carboxylic acids is 1. The Bertz CT molecular complexity index is 393. The van der Waals surface area contributed by atoms with Gasteiger partial charge in [0.25, 0.3) is 0 Å². The van der Waals surface area contributed by atoms with Crippen molar-refractivity contribution < 1.29 is 9.53 Å². The average molecular weight is 256 g/mol. The van der Waals surface area contributed by atoms with Gasteiger partial charge in [-0.2, -0.15) is 0 Å². The highest BCUT2D eigenvalue weighted by Crippen LogP contribution is 2.23. The minimum atomic E-state index is -0.181. The second-order valence-corrected chi connectivity index (χ2v) is 4.35. The van der Waals surface area contributed by atoms with E-state index in [1.54, 1.807) is 6.92 Å². The fraction of sp³-hybridized carbons (Fsp3) is 0.462. The van der Waals surface area contributed by atoms with Gasteiger partial charge in [0.15, 0.2) is 0 Å². The van der Waals surface area contributed by atoms with Gasteiger partial charge in [0.1, 0.15) is 0 Å². The van der Waals surface area contributed by atoms with Gasteiger partial charge in [-0.1, -0.05) is 24.6 Å². The number of hydrogen-bond donors (Lipinski definition) is 1. The summed E-state index contributed by atoms with van der Waals surface area (Å²) in [5.41, 5.74) is 1.94. The van der Waals surface area contributed by atoms with Crippen molar-refractivity contribution in [2.75, 3.05) is 18.5 Å². The molecule has 0 saturated carbocycles. The third-order valence-electron chi connectivity index (χ3n) is 2.56. The Labute approximate surface area is 107 Å². The lowest BCUT2D eigenvalue weighted by Crippen LogP contribution is -2.22. The number of carbonyl (C=O) groups is 1. The second kappa shape index (κ2) is 6.50. The molecule has 4 heteroatoms. The summed E-state index contributed by atoms with van der Waals surface area (Å²) in [6.07, 6.45) is 0. The molecule has 0 radical (unpaired) electrons. The second-order valence-electron chi connectivity index (χ2n) is 3.95. The summed E-state index contributed by atoms with van der Waals surface area (Å²) in [7, 11) is 0. The number of rotatable bonds is 5. The SMILES string of the molecule is CCOC(=O)C(C)CNc1cccc(Cl)c1C. The summed E-state index contributed by atoms with van der Waals surface area (Å²) < 4.78 is 4.94. The molecule has 0 aromatic heterocycles. The lowest BCUT2D eigenvalue weighted by molar-refractivity contribution is -0.146. The van der Waals surface area contributed by atoms with Gasteiger partial charge in [0.2, 0.25) is 0 Å². The van der Waals surface area contributed by atoms with Crippen LogP contribution in [0, 0.1) is 12.8 Å². The topological polar surface area (TPSA) is 38.3 Å². The van der Waals surface area contributed by atoms with Gasteiger partial charge in [0.05, 0.1) is 12.5 Å². The standard InChI is InChI=1S/C13H18ClNO2/c1-4-17-13(16)9(2)8-15-12-7-5-6-11(14)10(12)3/h5-7,9,15H,4,8H2,1-3H3. The fourth-order valence-corrected chi connectivity index (χ4v) is 1.60. The van der Waals surface area contributed by atoms with Crippen LogP contribution in [0.1, 0.15) is 19.4 Å². The maximum atomic E-state index is 11.4. The summed E-state index contributed by atoms with van der Waals surface area (Å²) >= 11 is 6.01. The minimum Gasteiger partial charge on any atom is -0.466 e. The maximum Gasteiger partial charge on any atom is 0.310 e. The van der Waals surface area contributed by atoms with E-state index in [-0.39, 0.29) is 11.9 Å². The summed E-state index contributed by atoms with van der Waals surface area (Å²) in [4.78, 5) is 11.4. The van der Waals surface area contributed by atoms with E-state index in [1.807, 2.05) is 32.0 Å². The van der Waals surface area contributed by atoms with Gasteiger partial charge >= 0.3 is 5.97 Å². The molecule has 1 rings (SSSR count). The van der Waals surface area contributed by atoms with Crippen LogP contribution < -0.4 is 5.32 Å². The maximum absolute atomic E-state index is 11.4. The van der Waals surface area contributed by atoms with Crippen molar-refractivity contribution in [3.8, 4) is 0 Å². The number of esters is 1. The largest absolute Gasteiger partial charge is 0.466 e. The lowest BCUT2D eigenvalue weighted by atomic mass is 10.1. The molecule has 0 spiro atoms. The monoisotopic (exact) mass is 255 g/mol. The molecule has 0 aliphatic heterocycles. The highest BCUT2D eigenvalue weighted by molar-refractivity contribution is 6.31. The first-order valence-electron chi connectivity index (χ1n) is 5.71. The van der Waals surface area contributed by atoms with Crippen LogP contribution in [0.4, 0.5) is 5.69 Å². The summed E-state index contributed by atoms with van der Waals surface area (Å²) in [5, 5.41) is 3.93. The first kappa shape index (κ1) is 13.8. The van der Waals surface area contributed by atoms with Gasteiger partial charge in [-0.05, 0) is 31.5 Å². The molecule has 0 aliphatic carbocycles. The Kier molecular flexibility index (Phi) is 5.29. The van der Waals surface area contributed by atoms with Gasteiger partial charge in [-0.3, -0.25) is 4.79 Å². The number of anilines is 1. The van der Waals surface area contributed by atoms with Crippen LogP contribution >= 0.6 is 11.6 Å². The van der Waals surface area contributed by atoms with Crippen molar-refractivity contribution in [1.29, 1.82) is 0 Å². The van der Waals surface area contributed by atoms with Crippen molar-refractivity contribution in [3.63, 3.8) is 0 Å². The van der Waals surface area contributed by atoms with Crippen molar-refractivity contribution in [2.24, 2.45) is 5.92 Å². The van der Waals surface area contributed by atoms with Crippen LogP contribution in [-0.4, -0.2) is 19.1 Å². The first-order valence-corrected chi connectivity index (χ1v) is 6.09. The Hall–Kier alpha value is -1.22. The minimum absolute atomic E-state index is 0.173. The van der Waals surface area contributed by atoms with Crippen molar-refractivity contribution in [2.45, 2.75) is 20.8 Å². The molecule has 0 bridgehead atoms. The van der Waals surface area contributed by atoms with Gasteiger partial charge in [-0.25, -0.2) is 0 Å². The fourth-order valence-electron chi connectivity index (χ4n) is 1.43. The van der Waals surface area contributed by atoms with E-state index in [4.69, 9.17) is 16.3 Å². The number of ether oxygens (including phenoxy) is 1. The zero-order valence-electron chi connectivity index (χ0n) is 10.4. The zero-order valence-corrected chi connectivity index (χ0v) is 11.2. The van der Waals surface area contributed by atoms with Crippen LogP contribution in [-0.2, 0) is 9.53 Å². The average Bonchev–Trinajstić information content (AvgIpc) is 2.31. The third-order valence-corrected chi connectivity index (χ3v) is 2.96. The predicted molar refractivity (Wildman–Crippen MR) is 70.5 cm³/mol. The summed E-state index contributed by atoms with van der Waals surface area (Å²) in [5.74, 6) is -0.354. The predicted octanol–water partition coefficient (Wildman–Crippen LogP) is 3.26. The quantitative estimate of drug-likeness (QED) is 0.821. The molecule has 1 unspecified atom stereocenters. The van der Waals surface area contributed by atoms with E-state index < -0.39 is 0 Å². The molecule has 0 aliphatic rings. The smallest absolute Gasteiger partial charge is 0.310 e. The molecule has 0 amide bonds. The normalized spacial score (nSPS) is 12.0. The molecule has 0 fully saturated rings. The number of nitrogens with one attached hydrogen (secondary N) is 1. The first-order chi connectivity index (χ1) is 8.06. The number of benzene rings is 1. The Morgan fingerprint density at radius 2 is 2.24 bits per heavy atom. The van der Waals surface area contributed by atoms with Crippen LogP contribution in [0.3, 0.4) is 0 Å². The third kappa shape index (κ3) is 3.93. The molecule has 94 valence electrons. The van der Waals surface area contributed by atoms with E-state index >= 15 is 0 Å². The Balaban J connectivity index is 2.56. The van der Waals surface area contributed by atoms with E-state index in [1.165, 1.54) is 0 Å². The van der Waals surface area contributed by atoms with Crippen LogP contribution in [0.25, 0.3) is 0 Å². The molecular weight excluding hydrogens is 238 g/mol. The van der Waals surface area contributed by atoms with Crippen molar-refractivity contribution in [1.82, 2.24) is 0 Å². The summed E-state index contributed by atoms with van der Waals surface area (Å²) in [6, 6.07) is 5.67. The lowest BCUT2D eigenvalue weighted by Gasteiger charge is -2.14. The molecule has 1 N–H and O–H groups in total. The van der Waals surface area contributed by atoms with E-state index in [0.717, 1.165) is 16.3 Å². The molecule has 3 nitrogen and oxygen atoms in total. The Morgan fingerprint density at radius 3 is 2.88 bits per heavy atom. The van der Waals surface area contributed by atoms with Gasteiger partial charge in [-0.15, -0.1) is 0 Å². The van der Waals surface area contributed by atoms with Crippen LogP contribution in [0.15, 0.2) is 18.2 Å². The van der Waals surface area contributed by atoms with Gasteiger partial charge < -0.3 is 10.1 Å². The molecule has 1 aromatic carbocycles. The van der Waals surface area contributed by atoms with E-state index in [2.05, 4.69) is 5.32 Å². The van der Waals surface area contributed by atoms with Gasteiger partial charge in [0, 0.05) is 17.3 Å². The summed E-state index contributed by atoms with van der Waals surface area (Å²) in [6.45, 7) is 6.54. The molecule has 17 heavy (non-hydrogen) atoms. The number of halogens is 1. The van der Waals surface area contributed by atoms with Crippen LogP contribution in [0.2, 0.25) is 5.02 Å². The Morgan fingerprint density at radius 1 is 1.53 bits per heavy atom. The van der Waals surface area contributed by atoms with Crippen molar-refractivity contribution >= 4 is 23.3 Å². The van der Waals surface area contributed by atoms with E-state index in [0.29, 0.717) is 13.2 Å². The van der Waals surface area contributed by atoms with E-state index in [9.17, 15) is 4.79 Å².